The van der Waals surface area contributed by atoms with E-state index in [2.05, 4.69) is 53.8 Å². The molecule has 166 valence electrons. The summed E-state index contributed by atoms with van der Waals surface area (Å²) >= 11 is 0. The Kier molecular flexibility index (Phi) is 7.04. The fraction of sp³-hybridized carbons (Fsp3) is 0.462. The predicted molar refractivity (Wildman–Crippen MR) is 128 cm³/mol. The zero-order valence-corrected chi connectivity index (χ0v) is 19.5. The maximum Gasteiger partial charge on any atom is 0.407 e. The van der Waals surface area contributed by atoms with E-state index in [1.165, 1.54) is 22.4 Å². The largest absolute Gasteiger partial charge is 0.444 e. The first kappa shape index (κ1) is 22.9. The van der Waals surface area contributed by atoms with E-state index in [1.54, 1.807) is 0 Å². The van der Waals surface area contributed by atoms with E-state index in [0.29, 0.717) is 0 Å². The van der Waals surface area contributed by atoms with Gasteiger partial charge in [-0.25, -0.2) is 4.79 Å². The molecule has 1 aromatic carbocycles. The molecule has 1 saturated heterocycles. The predicted octanol–water partition coefficient (Wildman–Crippen LogP) is 5.76. The molecule has 0 radical (unpaired) electrons. The number of benzene rings is 1. The molecule has 1 fully saturated rings. The monoisotopic (exact) mass is 421 g/mol. The van der Waals surface area contributed by atoms with Gasteiger partial charge in [-0.05, 0) is 58.1 Å². The number of pyridine rings is 1. The Hall–Kier alpha value is -2.82. The molecule has 0 spiro atoms. The third kappa shape index (κ3) is 5.87. The number of nitrogens with one attached hydrogen (secondary N) is 1. The average Bonchev–Trinajstić information content (AvgIpc) is 2.71. The second-order valence-electron chi connectivity index (χ2n) is 9.30. The van der Waals surface area contributed by atoms with Gasteiger partial charge in [-0.15, -0.1) is 0 Å². The smallest absolute Gasteiger partial charge is 0.407 e. The molecule has 1 aliphatic heterocycles. The highest BCUT2D eigenvalue weighted by atomic mass is 16.6. The van der Waals surface area contributed by atoms with Gasteiger partial charge in [-0.2, -0.15) is 0 Å². The molecule has 0 saturated carbocycles. The topological polar surface area (TPSA) is 54.5 Å². The third-order valence-electron chi connectivity index (χ3n) is 5.55. The number of piperidine rings is 1. The van der Waals surface area contributed by atoms with Crippen LogP contribution in [0.4, 0.5) is 10.5 Å². The summed E-state index contributed by atoms with van der Waals surface area (Å²) in [5.41, 5.74) is 6.63. The van der Waals surface area contributed by atoms with Gasteiger partial charge in [0, 0.05) is 42.7 Å². The summed E-state index contributed by atoms with van der Waals surface area (Å²) in [7, 11) is 0. The summed E-state index contributed by atoms with van der Waals surface area (Å²) in [6.45, 7) is 15.7. The van der Waals surface area contributed by atoms with Gasteiger partial charge in [0.1, 0.15) is 5.60 Å². The Labute approximate surface area is 186 Å². The van der Waals surface area contributed by atoms with Gasteiger partial charge in [-0.1, -0.05) is 43.3 Å². The lowest BCUT2D eigenvalue weighted by atomic mass is 9.95. The molecular formula is C26H35N3O2. The number of aromatic nitrogens is 1. The van der Waals surface area contributed by atoms with E-state index in [1.807, 2.05) is 39.2 Å². The molecule has 1 aromatic heterocycles. The Morgan fingerprint density at radius 3 is 2.58 bits per heavy atom. The van der Waals surface area contributed by atoms with Crippen LogP contribution < -0.4 is 10.2 Å². The van der Waals surface area contributed by atoms with Crippen LogP contribution in [-0.4, -0.2) is 35.8 Å². The highest BCUT2D eigenvalue weighted by Gasteiger charge is 2.26. The van der Waals surface area contributed by atoms with Crippen LogP contribution in [0.15, 0.2) is 37.2 Å². The molecule has 5 heteroatoms. The van der Waals surface area contributed by atoms with E-state index in [9.17, 15) is 4.79 Å². The number of rotatable bonds is 5. The van der Waals surface area contributed by atoms with Gasteiger partial charge < -0.3 is 15.0 Å². The van der Waals surface area contributed by atoms with Crippen LogP contribution in [0.5, 0.6) is 0 Å². The lowest BCUT2D eigenvalue weighted by Gasteiger charge is -2.36. The maximum atomic E-state index is 12.1. The minimum absolute atomic E-state index is 0.120. The zero-order valence-electron chi connectivity index (χ0n) is 19.5. The second kappa shape index (κ2) is 9.54. The number of carbonyl (C=O) groups is 1. The SMILES string of the molecule is C=Cc1cncc(-c2cc(C)cc(CC)c2)c1N1CCC(NC(=O)OC(C)(C)C)CC1. The van der Waals surface area contributed by atoms with Gasteiger partial charge in [0.2, 0.25) is 0 Å². The number of carbonyl (C=O) groups excluding carboxylic acids is 1. The Morgan fingerprint density at radius 1 is 1.26 bits per heavy atom. The minimum Gasteiger partial charge on any atom is -0.444 e. The zero-order chi connectivity index (χ0) is 22.6. The van der Waals surface area contributed by atoms with Crippen LogP contribution in [0.1, 0.15) is 57.2 Å². The maximum absolute atomic E-state index is 12.1. The van der Waals surface area contributed by atoms with Crippen molar-refractivity contribution in [3.63, 3.8) is 0 Å². The molecule has 0 aliphatic carbocycles. The first-order valence-electron chi connectivity index (χ1n) is 11.2. The molecule has 1 amide bonds. The number of nitrogens with zero attached hydrogens (tertiary/aromatic N) is 2. The lowest BCUT2D eigenvalue weighted by Crippen LogP contribution is -2.46. The van der Waals surface area contributed by atoms with Crippen molar-refractivity contribution in [1.82, 2.24) is 10.3 Å². The van der Waals surface area contributed by atoms with Gasteiger partial charge in [0.25, 0.3) is 0 Å². The van der Waals surface area contributed by atoms with Crippen LogP contribution in [0.2, 0.25) is 0 Å². The first-order valence-corrected chi connectivity index (χ1v) is 11.2. The summed E-state index contributed by atoms with van der Waals surface area (Å²) in [5, 5.41) is 3.02. The molecule has 2 heterocycles. The van der Waals surface area contributed by atoms with E-state index < -0.39 is 5.60 Å². The number of alkyl carbamates (subject to hydrolysis) is 1. The van der Waals surface area contributed by atoms with Crippen molar-refractivity contribution in [2.45, 2.75) is 65.5 Å². The molecular weight excluding hydrogens is 386 g/mol. The van der Waals surface area contributed by atoms with Crippen molar-refractivity contribution in [1.29, 1.82) is 0 Å². The summed E-state index contributed by atoms with van der Waals surface area (Å²) in [6, 6.07) is 6.84. The van der Waals surface area contributed by atoms with E-state index in [-0.39, 0.29) is 12.1 Å². The van der Waals surface area contributed by atoms with Gasteiger partial charge >= 0.3 is 6.09 Å². The highest BCUT2D eigenvalue weighted by Crippen LogP contribution is 2.36. The van der Waals surface area contributed by atoms with Crippen molar-refractivity contribution in [3.8, 4) is 11.1 Å². The van der Waals surface area contributed by atoms with Crippen LogP contribution in [0, 0.1) is 6.92 Å². The second-order valence-corrected chi connectivity index (χ2v) is 9.30. The Bertz CT molecular complexity index is 938. The molecule has 2 aromatic rings. The average molecular weight is 422 g/mol. The van der Waals surface area contributed by atoms with Crippen LogP contribution in [0.25, 0.3) is 17.2 Å². The Morgan fingerprint density at radius 2 is 1.97 bits per heavy atom. The normalized spacial score (nSPS) is 14.9. The van der Waals surface area contributed by atoms with Gasteiger partial charge in [-0.3, -0.25) is 4.98 Å². The highest BCUT2D eigenvalue weighted by molar-refractivity contribution is 5.85. The third-order valence-corrected chi connectivity index (χ3v) is 5.55. The number of hydrogen-bond acceptors (Lipinski definition) is 4. The summed E-state index contributed by atoms with van der Waals surface area (Å²) in [5.74, 6) is 0. The molecule has 3 rings (SSSR count). The molecule has 1 N–H and O–H groups in total. The number of ether oxygens (including phenoxy) is 1. The number of anilines is 1. The van der Waals surface area contributed by atoms with Crippen LogP contribution >= 0.6 is 0 Å². The van der Waals surface area contributed by atoms with Crippen LogP contribution in [-0.2, 0) is 11.2 Å². The molecule has 0 atom stereocenters. The fourth-order valence-electron chi connectivity index (χ4n) is 4.13. The molecule has 1 aliphatic rings. The van der Waals surface area contributed by atoms with Gasteiger partial charge in [0.15, 0.2) is 0 Å². The van der Waals surface area contributed by atoms with Gasteiger partial charge in [0.05, 0.1) is 5.69 Å². The van der Waals surface area contributed by atoms with Crippen molar-refractivity contribution >= 4 is 17.9 Å². The lowest BCUT2D eigenvalue weighted by molar-refractivity contribution is 0.0497. The van der Waals surface area contributed by atoms with Crippen molar-refractivity contribution in [3.05, 3.63) is 53.9 Å². The minimum atomic E-state index is -0.485. The van der Waals surface area contributed by atoms with E-state index >= 15 is 0 Å². The first-order chi connectivity index (χ1) is 14.7. The number of amides is 1. The molecule has 5 nitrogen and oxygen atoms in total. The quantitative estimate of drug-likeness (QED) is 0.667. The standard InChI is InChI=1S/C26H35N3O2/c1-7-19-13-18(3)14-21(15-19)23-17-27-16-20(8-2)24(23)29-11-9-22(10-12-29)28-25(30)31-26(4,5)6/h8,13-17,22H,2,7,9-12H2,1,3-6H3,(H,28,30). The summed E-state index contributed by atoms with van der Waals surface area (Å²) in [4.78, 5) is 19.0. The Balaban J connectivity index is 1.82. The van der Waals surface area contributed by atoms with Crippen molar-refractivity contribution in [2.24, 2.45) is 0 Å². The van der Waals surface area contributed by atoms with E-state index in [0.717, 1.165) is 43.5 Å². The number of aryl methyl sites for hydroxylation is 2. The summed E-state index contributed by atoms with van der Waals surface area (Å²) < 4.78 is 5.41. The van der Waals surface area contributed by atoms with E-state index in [4.69, 9.17) is 4.74 Å². The molecule has 0 unspecified atom stereocenters. The van der Waals surface area contributed by atoms with Crippen LogP contribution in [0.3, 0.4) is 0 Å². The number of hydrogen-bond donors (Lipinski definition) is 1. The fourth-order valence-corrected chi connectivity index (χ4v) is 4.13. The summed E-state index contributed by atoms with van der Waals surface area (Å²) in [6.07, 6.45) is 8.12. The van der Waals surface area contributed by atoms with Crippen molar-refractivity contribution in [2.75, 3.05) is 18.0 Å². The van der Waals surface area contributed by atoms with Crippen molar-refractivity contribution < 1.29 is 9.53 Å². The molecule has 31 heavy (non-hydrogen) atoms. The molecule has 0 bridgehead atoms.